The molecular formula is C26H33N5O4. The normalized spacial score (nSPS) is 14.5. The molecule has 0 saturated carbocycles. The van der Waals surface area contributed by atoms with Crippen LogP contribution in [0.2, 0.25) is 0 Å². The summed E-state index contributed by atoms with van der Waals surface area (Å²) in [5, 5.41) is 16.4. The molecule has 9 nitrogen and oxygen atoms in total. The number of amides is 1. The zero-order valence-corrected chi connectivity index (χ0v) is 20.5. The lowest BCUT2D eigenvalue weighted by molar-refractivity contribution is -0.130. The molecule has 1 amide bonds. The molecule has 0 fully saturated rings. The number of anilines is 1. The molecule has 1 aromatic heterocycles. The first-order valence-corrected chi connectivity index (χ1v) is 12.0. The van der Waals surface area contributed by atoms with Crippen LogP contribution in [0.3, 0.4) is 0 Å². The van der Waals surface area contributed by atoms with Crippen molar-refractivity contribution in [2.24, 2.45) is 0 Å². The highest BCUT2D eigenvalue weighted by Crippen LogP contribution is 2.30. The second kappa shape index (κ2) is 10.9. The number of rotatable bonds is 8. The third kappa shape index (κ3) is 5.98. The fourth-order valence-electron chi connectivity index (χ4n) is 4.05. The summed E-state index contributed by atoms with van der Waals surface area (Å²) in [6.45, 7) is 7.29. The average molecular weight is 480 g/mol. The van der Waals surface area contributed by atoms with Crippen LogP contribution in [0.25, 0.3) is 22.8 Å². The van der Waals surface area contributed by atoms with Gasteiger partial charge in [0.1, 0.15) is 5.75 Å². The van der Waals surface area contributed by atoms with Crippen LogP contribution in [0.4, 0.5) is 5.69 Å². The number of aliphatic hydroxyl groups excluding tert-OH is 1. The topological polar surface area (TPSA) is 127 Å². The van der Waals surface area contributed by atoms with Gasteiger partial charge in [-0.25, -0.2) is 0 Å². The van der Waals surface area contributed by atoms with E-state index in [9.17, 15) is 4.79 Å². The molecule has 1 aliphatic rings. The fraction of sp³-hybridized carbons (Fsp3) is 0.423. The summed E-state index contributed by atoms with van der Waals surface area (Å²) in [6, 6.07) is 11.5. The van der Waals surface area contributed by atoms with E-state index in [4.69, 9.17) is 20.1 Å². The Labute approximate surface area is 205 Å². The number of fused-ring (bicyclic) bond motifs is 1. The van der Waals surface area contributed by atoms with E-state index in [0.29, 0.717) is 36.2 Å². The van der Waals surface area contributed by atoms with Crippen molar-refractivity contribution in [3.63, 3.8) is 0 Å². The number of hydrogen-bond acceptors (Lipinski definition) is 8. The van der Waals surface area contributed by atoms with Crippen molar-refractivity contribution < 1.29 is 19.2 Å². The minimum atomic E-state index is -0.103. The minimum absolute atomic E-state index is 0.00450. The molecule has 35 heavy (non-hydrogen) atoms. The molecule has 2 aromatic carbocycles. The molecule has 1 atom stereocenters. The fourth-order valence-corrected chi connectivity index (χ4v) is 4.05. The van der Waals surface area contributed by atoms with Gasteiger partial charge in [-0.1, -0.05) is 17.3 Å². The van der Waals surface area contributed by atoms with Crippen LogP contribution in [0.5, 0.6) is 5.75 Å². The predicted octanol–water partition coefficient (Wildman–Crippen LogP) is 2.67. The Morgan fingerprint density at radius 2 is 1.89 bits per heavy atom. The van der Waals surface area contributed by atoms with Gasteiger partial charge in [-0.05, 0) is 69.0 Å². The summed E-state index contributed by atoms with van der Waals surface area (Å²) >= 11 is 0. The highest BCUT2D eigenvalue weighted by molar-refractivity contribution is 5.78. The van der Waals surface area contributed by atoms with Crippen molar-refractivity contribution >= 4 is 11.6 Å². The molecule has 0 unspecified atom stereocenters. The van der Waals surface area contributed by atoms with Crippen molar-refractivity contribution in [3.05, 3.63) is 47.5 Å². The molecular weight excluding hydrogens is 446 g/mol. The van der Waals surface area contributed by atoms with Gasteiger partial charge in [-0.3, -0.25) is 4.79 Å². The van der Waals surface area contributed by atoms with Gasteiger partial charge < -0.3 is 30.3 Å². The molecule has 4 N–H and O–H groups in total. The molecule has 0 aliphatic carbocycles. The first-order valence-electron chi connectivity index (χ1n) is 12.0. The molecule has 0 bridgehead atoms. The number of nitrogen functional groups attached to an aromatic ring is 1. The summed E-state index contributed by atoms with van der Waals surface area (Å²) in [7, 11) is 0. The van der Waals surface area contributed by atoms with Crippen molar-refractivity contribution in [1.82, 2.24) is 20.4 Å². The molecule has 0 spiro atoms. The van der Waals surface area contributed by atoms with Crippen molar-refractivity contribution in [2.45, 2.75) is 45.8 Å². The first kappa shape index (κ1) is 24.7. The number of hydrogen-bond donors (Lipinski definition) is 3. The van der Waals surface area contributed by atoms with Crippen molar-refractivity contribution in [2.75, 3.05) is 32.0 Å². The standard InChI is InChI=1S/C26H33N5O4/c1-16(2)34-23-7-6-21(13-22(23)27)26-29-25(30-35-26)20-5-4-18-8-10-31(11-9-19(18)12-20)24(33)14-28-17(3)15-32/h4-7,12-13,16-17,28,32H,8-11,14-15,27H2,1-3H3/t17-/m0/s1. The summed E-state index contributed by atoms with van der Waals surface area (Å²) in [4.78, 5) is 19.0. The van der Waals surface area contributed by atoms with Gasteiger partial charge in [-0.2, -0.15) is 4.98 Å². The van der Waals surface area contributed by atoms with Crippen LogP contribution in [0.15, 0.2) is 40.9 Å². The van der Waals surface area contributed by atoms with Gasteiger partial charge in [-0.15, -0.1) is 0 Å². The Morgan fingerprint density at radius 1 is 1.14 bits per heavy atom. The highest BCUT2D eigenvalue weighted by atomic mass is 16.5. The maximum Gasteiger partial charge on any atom is 0.258 e. The summed E-state index contributed by atoms with van der Waals surface area (Å²) in [6.07, 6.45) is 1.57. The van der Waals surface area contributed by atoms with E-state index in [1.54, 1.807) is 6.07 Å². The summed E-state index contributed by atoms with van der Waals surface area (Å²) in [5.74, 6) is 1.56. The van der Waals surface area contributed by atoms with Crippen LogP contribution in [-0.4, -0.2) is 64.4 Å². The number of ether oxygens (including phenoxy) is 1. The number of carbonyl (C=O) groups is 1. The molecule has 186 valence electrons. The largest absolute Gasteiger partial charge is 0.489 e. The SMILES string of the molecule is CC(C)Oc1ccc(-c2nc(-c3ccc4c(c3)CCN(C(=O)CN[C@@H](C)CO)CC4)no2)cc1N. The first-order chi connectivity index (χ1) is 16.8. The van der Waals surface area contributed by atoms with Crippen LogP contribution >= 0.6 is 0 Å². The second-order valence-corrected chi connectivity index (χ2v) is 9.17. The zero-order valence-electron chi connectivity index (χ0n) is 20.5. The quantitative estimate of drug-likeness (QED) is 0.421. The molecule has 0 radical (unpaired) electrons. The van der Waals surface area contributed by atoms with E-state index in [1.807, 2.05) is 43.9 Å². The Hall–Kier alpha value is -3.43. The Kier molecular flexibility index (Phi) is 7.67. The number of nitrogens with zero attached hydrogens (tertiary/aromatic N) is 3. The number of benzene rings is 2. The third-order valence-electron chi connectivity index (χ3n) is 6.04. The number of carbonyl (C=O) groups excluding carboxylic acids is 1. The van der Waals surface area contributed by atoms with E-state index in [0.717, 1.165) is 24.0 Å². The number of nitrogens with one attached hydrogen (secondary N) is 1. The van der Waals surface area contributed by atoms with Gasteiger partial charge in [0.2, 0.25) is 11.7 Å². The van der Waals surface area contributed by atoms with Gasteiger partial charge in [0.15, 0.2) is 0 Å². The second-order valence-electron chi connectivity index (χ2n) is 9.17. The monoisotopic (exact) mass is 479 g/mol. The highest BCUT2D eigenvalue weighted by Gasteiger charge is 2.20. The van der Waals surface area contributed by atoms with Crippen LogP contribution in [-0.2, 0) is 17.6 Å². The molecule has 1 aliphatic heterocycles. The van der Waals surface area contributed by atoms with Crippen LogP contribution in [0, 0.1) is 0 Å². The van der Waals surface area contributed by atoms with E-state index in [-0.39, 0.29) is 31.2 Å². The summed E-state index contributed by atoms with van der Waals surface area (Å²) < 4.78 is 11.2. The third-order valence-corrected chi connectivity index (χ3v) is 6.04. The zero-order chi connectivity index (χ0) is 24.9. The van der Waals surface area contributed by atoms with Gasteiger partial charge in [0, 0.05) is 30.3 Å². The van der Waals surface area contributed by atoms with E-state index in [2.05, 4.69) is 27.6 Å². The molecule has 9 heteroatoms. The van der Waals surface area contributed by atoms with E-state index < -0.39 is 0 Å². The van der Waals surface area contributed by atoms with E-state index in [1.165, 1.54) is 11.1 Å². The number of nitrogens with two attached hydrogens (primary N) is 1. The lowest BCUT2D eigenvalue weighted by Gasteiger charge is -2.21. The van der Waals surface area contributed by atoms with Gasteiger partial charge >= 0.3 is 0 Å². The summed E-state index contributed by atoms with van der Waals surface area (Å²) in [5.41, 5.74) is 10.6. The number of aliphatic hydroxyl groups is 1. The Morgan fingerprint density at radius 3 is 2.60 bits per heavy atom. The maximum atomic E-state index is 12.6. The van der Waals surface area contributed by atoms with Gasteiger partial charge in [0.25, 0.3) is 5.89 Å². The average Bonchev–Trinajstić information content (AvgIpc) is 3.24. The molecule has 3 aromatic rings. The Bertz CT molecular complexity index is 1180. The Balaban J connectivity index is 1.45. The van der Waals surface area contributed by atoms with Crippen molar-refractivity contribution in [3.8, 4) is 28.6 Å². The molecule has 0 saturated heterocycles. The lowest BCUT2D eigenvalue weighted by atomic mass is 10.00. The van der Waals surface area contributed by atoms with Crippen molar-refractivity contribution in [1.29, 1.82) is 0 Å². The van der Waals surface area contributed by atoms with Crippen LogP contribution in [0.1, 0.15) is 31.9 Å². The predicted molar refractivity (Wildman–Crippen MR) is 134 cm³/mol. The van der Waals surface area contributed by atoms with Gasteiger partial charge in [0.05, 0.1) is 24.9 Å². The molecule has 2 heterocycles. The molecule has 4 rings (SSSR count). The smallest absolute Gasteiger partial charge is 0.258 e. The van der Waals surface area contributed by atoms with Crippen LogP contribution < -0.4 is 15.8 Å². The van der Waals surface area contributed by atoms with E-state index >= 15 is 0 Å². The lowest BCUT2D eigenvalue weighted by Crippen LogP contribution is -2.42. The maximum absolute atomic E-state index is 12.6. The minimum Gasteiger partial charge on any atom is -0.489 e. The number of aromatic nitrogens is 2.